The topological polar surface area (TPSA) is 150 Å². The van der Waals surface area contributed by atoms with Gasteiger partial charge < -0.3 is 10.2 Å². The highest BCUT2D eigenvalue weighted by atomic mass is 32.2. The number of aromatic nitrogens is 4. The van der Waals surface area contributed by atoms with Crippen LogP contribution in [-0.2, 0) is 16.2 Å². The number of aryl methyl sites for hydroxylation is 1. The zero-order valence-electron chi connectivity index (χ0n) is 20.2. The molecule has 3 aromatic heterocycles. The van der Waals surface area contributed by atoms with Crippen molar-refractivity contribution in [3.63, 3.8) is 0 Å². The molecule has 0 aliphatic carbocycles. The van der Waals surface area contributed by atoms with E-state index in [0.29, 0.717) is 20.2 Å². The number of sulfonamides is 1. The molecule has 4 rings (SSSR count). The molecule has 0 aliphatic heterocycles. The Kier molecular flexibility index (Phi) is 8.18. The minimum absolute atomic E-state index is 0.0146. The molecular formula is C22H19F5N6O5S2. The predicted octanol–water partition coefficient (Wildman–Crippen LogP) is 3.30. The van der Waals surface area contributed by atoms with Crippen LogP contribution in [0.15, 0.2) is 40.7 Å². The summed E-state index contributed by atoms with van der Waals surface area (Å²) in [5, 5.41) is 24.4. The van der Waals surface area contributed by atoms with Gasteiger partial charge in [0.05, 0.1) is 29.8 Å². The molecule has 0 unspecified atom stereocenters. The van der Waals surface area contributed by atoms with E-state index < -0.39 is 53.1 Å². The van der Waals surface area contributed by atoms with Crippen molar-refractivity contribution >= 4 is 38.0 Å². The second kappa shape index (κ2) is 11.1. The molecule has 0 saturated carbocycles. The fourth-order valence-electron chi connectivity index (χ4n) is 3.61. The van der Waals surface area contributed by atoms with E-state index >= 15 is 0 Å². The monoisotopic (exact) mass is 606 g/mol. The lowest BCUT2D eigenvalue weighted by Crippen LogP contribution is -2.34. The van der Waals surface area contributed by atoms with Crippen LogP contribution in [0, 0.1) is 6.92 Å². The molecule has 0 fully saturated rings. The molecule has 214 valence electrons. The third kappa shape index (κ3) is 5.66. The Morgan fingerprint density at radius 2 is 1.85 bits per heavy atom. The van der Waals surface area contributed by atoms with Crippen LogP contribution < -0.4 is 5.32 Å². The highest BCUT2D eigenvalue weighted by Crippen LogP contribution is 2.33. The molecule has 11 nitrogen and oxygen atoms in total. The zero-order valence-corrected chi connectivity index (χ0v) is 21.9. The van der Waals surface area contributed by atoms with Crippen LogP contribution in [0.25, 0.3) is 16.9 Å². The van der Waals surface area contributed by atoms with Crippen molar-refractivity contribution in [1.82, 2.24) is 23.9 Å². The molecule has 3 N–H and O–H groups in total. The number of carbonyl (C=O) groups excluding carboxylic acids is 1. The Hall–Kier alpha value is -3.58. The molecule has 0 bridgehead atoms. The number of fused-ring (bicyclic) bond motifs is 1. The quantitative estimate of drug-likeness (QED) is 0.194. The van der Waals surface area contributed by atoms with Crippen molar-refractivity contribution < 1.29 is 45.4 Å². The average molecular weight is 607 g/mol. The molecule has 40 heavy (non-hydrogen) atoms. The minimum atomic E-state index is -4.61. The molecule has 1 amide bonds. The van der Waals surface area contributed by atoms with E-state index in [1.807, 2.05) is 0 Å². The van der Waals surface area contributed by atoms with Crippen LogP contribution in [0.1, 0.15) is 33.7 Å². The first-order valence-electron chi connectivity index (χ1n) is 11.1. The van der Waals surface area contributed by atoms with E-state index in [-0.39, 0.29) is 44.0 Å². The summed E-state index contributed by atoms with van der Waals surface area (Å²) >= 11 is 0.553. The summed E-state index contributed by atoms with van der Waals surface area (Å²) in [5.41, 5.74) is -2.34. The SMILES string of the molecule is Cc1nc(NC(=O)c2cnn3c(C(F)F)cc(-c4ccc(C(F)(F)F)cc4)nc23)sc1S(=O)(=O)N(CO)CCO. The van der Waals surface area contributed by atoms with Gasteiger partial charge in [-0.1, -0.05) is 23.5 Å². The first kappa shape index (κ1) is 29.4. The number of aliphatic hydroxyl groups excluding tert-OH is 2. The van der Waals surface area contributed by atoms with Gasteiger partial charge in [-0.3, -0.25) is 10.1 Å². The Morgan fingerprint density at radius 1 is 1.18 bits per heavy atom. The smallest absolute Gasteiger partial charge is 0.395 e. The molecular weight excluding hydrogens is 587 g/mol. The molecule has 4 aromatic rings. The van der Waals surface area contributed by atoms with Crippen molar-refractivity contribution in [1.29, 1.82) is 0 Å². The lowest BCUT2D eigenvalue weighted by molar-refractivity contribution is -0.137. The highest BCUT2D eigenvalue weighted by Gasteiger charge is 2.31. The molecule has 0 atom stereocenters. The van der Waals surface area contributed by atoms with Gasteiger partial charge in [0.2, 0.25) is 0 Å². The van der Waals surface area contributed by atoms with Gasteiger partial charge in [-0.25, -0.2) is 31.7 Å². The first-order valence-corrected chi connectivity index (χ1v) is 13.4. The standard InChI is InChI=1S/C22H19F5N6O5S2/c1-11-20(40(37,38)32(10-35)6-7-34)39-21(29-11)31-19(36)14-9-28-33-16(17(23)24)8-15(30-18(14)33)12-2-4-13(5-3-12)22(25,26)27/h2-5,8-9,17,34-35H,6-7,10H2,1H3,(H,29,31,36). The van der Waals surface area contributed by atoms with Gasteiger partial charge in [-0.2, -0.15) is 22.6 Å². The van der Waals surface area contributed by atoms with Gasteiger partial charge in [-0.05, 0) is 25.1 Å². The number of hydrogen-bond acceptors (Lipinski definition) is 9. The van der Waals surface area contributed by atoms with Crippen LogP contribution in [0.2, 0.25) is 0 Å². The van der Waals surface area contributed by atoms with E-state index in [2.05, 4.69) is 20.4 Å². The number of aliphatic hydroxyl groups is 2. The molecule has 18 heteroatoms. The molecule has 0 saturated heterocycles. The number of benzene rings is 1. The number of amides is 1. The Labute approximate surface area is 226 Å². The summed E-state index contributed by atoms with van der Waals surface area (Å²) in [6, 6.07) is 4.58. The lowest BCUT2D eigenvalue weighted by atomic mass is 10.1. The van der Waals surface area contributed by atoms with Gasteiger partial charge in [0.1, 0.15) is 18.0 Å². The molecule has 0 aliphatic rings. The second-order valence-corrected chi connectivity index (χ2v) is 11.3. The van der Waals surface area contributed by atoms with Crippen LogP contribution in [0.4, 0.5) is 27.1 Å². The number of thiazole rings is 1. The van der Waals surface area contributed by atoms with Crippen LogP contribution in [-0.4, -0.2) is 68.3 Å². The third-order valence-electron chi connectivity index (χ3n) is 5.53. The fourth-order valence-corrected chi connectivity index (χ4v) is 6.41. The Balaban J connectivity index is 1.71. The predicted molar refractivity (Wildman–Crippen MR) is 131 cm³/mol. The maximum atomic E-state index is 13.8. The van der Waals surface area contributed by atoms with E-state index in [4.69, 9.17) is 5.11 Å². The van der Waals surface area contributed by atoms with Gasteiger partial charge in [0.25, 0.3) is 22.4 Å². The number of nitrogens with one attached hydrogen (secondary N) is 1. The lowest BCUT2D eigenvalue weighted by Gasteiger charge is -2.17. The summed E-state index contributed by atoms with van der Waals surface area (Å²) < 4.78 is 93.0. The van der Waals surface area contributed by atoms with Crippen molar-refractivity contribution in [2.24, 2.45) is 0 Å². The van der Waals surface area contributed by atoms with Crippen molar-refractivity contribution in [2.75, 3.05) is 25.2 Å². The summed E-state index contributed by atoms with van der Waals surface area (Å²) in [5.74, 6) is -0.931. The Bertz CT molecular complexity index is 1650. The number of carbonyl (C=O) groups is 1. The van der Waals surface area contributed by atoms with Crippen LogP contribution >= 0.6 is 11.3 Å². The zero-order chi connectivity index (χ0) is 29.4. The van der Waals surface area contributed by atoms with E-state index in [1.54, 1.807) is 0 Å². The van der Waals surface area contributed by atoms with Crippen LogP contribution in [0.5, 0.6) is 0 Å². The fraction of sp³-hybridized carbons (Fsp3) is 0.273. The molecule has 0 radical (unpaired) electrons. The number of anilines is 1. The third-order valence-corrected chi connectivity index (χ3v) is 9.02. The number of nitrogens with zero attached hydrogens (tertiary/aromatic N) is 5. The van der Waals surface area contributed by atoms with E-state index in [9.17, 15) is 40.3 Å². The van der Waals surface area contributed by atoms with Gasteiger partial charge in [0, 0.05) is 12.1 Å². The van der Waals surface area contributed by atoms with Gasteiger partial charge in [-0.15, -0.1) is 0 Å². The van der Waals surface area contributed by atoms with Gasteiger partial charge in [0.15, 0.2) is 15.0 Å². The van der Waals surface area contributed by atoms with Crippen molar-refractivity contribution in [2.45, 2.75) is 23.7 Å². The maximum absolute atomic E-state index is 13.8. The number of alkyl halides is 5. The molecule has 1 aromatic carbocycles. The number of rotatable bonds is 9. The first-order chi connectivity index (χ1) is 18.8. The number of hydrogen-bond donors (Lipinski definition) is 3. The molecule has 0 spiro atoms. The summed E-state index contributed by atoms with van der Waals surface area (Å²) in [4.78, 5) is 21.2. The second-order valence-electron chi connectivity index (χ2n) is 8.13. The largest absolute Gasteiger partial charge is 0.416 e. The van der Waals surface area contributed by atoms with Crippen molar-refractivity contribution in [3.8, 4) is 11.3 Å². The number of halogens is 5. The van der Waals surface area contributed by atoms with E-state index in [0.717, 1.165) is 36.5 Å². The minimum Gasteiger partial charge on any atom is -0.395 e. The highest BCUT2D eigenvalue weighted by molar-refractivity contribution is 7.91. The van der Waals surface area contributed by atoms with Gasteiger partial charge >= 0.3 is 6.18 Å². The average Bonchev–Trinajstić information content (AvgIpc) is 3.49. The Morgan fingerprint density at radius 3 is 2.42 bits per heavy atom. The maximum Gasteiger partial charge on any atom is 0.416 e. The van der Waals surface area contributed by atoms with E-state index in [1.165, 1.54) is 6.92 Å². The molecule has 3 heterocycles. The summed E-state index contributed by atoms with van der Waals surface area (Å²) in [6.07, 6.45) is -6.74. The normalized spacial score (nSPS) is 12.6. The van der Waals surface area contributed by atoms with Crippen LogP contribution in [0.3, 0.4) is 0 Å². The summed E-state index contributed by atoms with van der Waals surface area (Å²) in [6.45, 7) is -0.517. The van der Waals surface area contributed by atoms with Crippen molar-refractivity contribution in [3.05, 3.63) is 59.0 Å². The summed E-state index contributed by atoms with van der Waals surface area (Å²) in [7, 11) is -4.27.